The van der Waals surface area contributed by atoms with Gasteiger partial charge in [0.25, 0.3) is 0 Å². The summed E-state index contributed by atoms with van der Waals surface area (Å²) in [5.41, 5.74) is 10.7. The van der Waals surface area contributed by atoms with Gasteiger partial charge in [0.15, 0.2) is 0 Å². The molecule has 64 heavy (non-hydrogen) atoms. The predicted octanol–water partition coefficient (Wildman–Crippen LogP) is 13.6. The molecule has 6 aromatic heterocycles. The van der Waals surface area contributed by atoms with Crippen LogP contribution in [0.2, 0.25) is 0 Å². The molecule has 300 valence electrons. The summed E-state index contributed by atoms with van der Waals surface area (Å²) in [6.45, 7) is 0. The molecule has 2 aliphatic rings. The number of aromatic nitrogens is 6. The SMILES string of the molecule is C1=CC2c3ccccc3N(c3cccc(-n4c5ccccc5c5ccc6c7ccccc7n(-c7cccc(-c8cccc(-n9c%10ccccc%10c%10ccccc%109)n8)n7)c6c54)n3)C2C=C1. The van der Waals surface area contributed by atoms with Crippen molar-refractivity contribution < 1.29 is 0 Å². The Kier molecular flexibility index (Phi) is 7.39. The zero-order valence-electron chi connectivity index (χ0n) is 34.5. The number of hydrogen-bond donors (Lipinski definition) is 0. The van der Waals surface area contributed by atoms with E-state index in [0.717, 1.165) is 83.9 Å². The van der Waals surface area contributed by atoms with Crippen molar-refractivity contribution in [1.82, 2.24) is 28.7 Å². The van der Waals surface area contributed by atoms with E-state index in [2.05, 4.69) is 231 Å². The molecule has 0 amide bonds. The molecule has 0 saturated heterocycles. The molecule has 0 radical (unpaired) electrons. The van der Waals surface area contributed by atoms with Crippen LogP contribution in [0.25, 0.3) is 94.3 Å². The number of fused-ring (bicyclic) bond motifs is 13. The molecule has 0 N–H and O–H groups in total. The highest BCUT2D eigenvalue weighted by molar-refractivity contribution is 6.23. The molecule has 1 aliphatic carbocycles. The molecular weight excluding hydrogens is 783 g/mol. The summed E-state index contributed by atoms with van der Waals surface area (Å²) >= 11 is 0. The van der Waals surface area contributed by atoms with E-state index in [-0.39, 0.29) is 12.0 Å². The van der Waals surface area contributed by atoms with Crippen LogP contribution in [0.15, 0.2) is 212 Å². The fourth-order valence-electron chi connectivity index (χ4n) is 10.8. The maximum Gasteiger partial charge on any atom is 0.140 e. The quantitative estimate of drug-likeness (QED) is 0.174. The fourth-order valence-corrected chi connectivity index (χ4v) is 10.8. The molecule has 0 spiro atoms. The minimum absolute atomic E-state index is 0.146. The number of nitrogens with zero attached hydrogens (tertiary/aromatic N) is 7. The topological polar surface area (TPSA) is 56.7 Å². The van der Waals surface area contributed by atoms with Gasteiger partial charge in [-0.05, 0) is 72.3 Å². The Morgan fingerprint density at radius 2 is 0.766 bits per heavy atom. The van der Waals surface area contributed by atoms with E-state index in [4.69, 9.17) is 15.0 Å². The van der Waals surface area contributed by atoms with Crippen molar-refractivity contribution >= 4 is 76.9 Å². The van der Waals surface area contributed by atoms with Gasteiger partial charge >= 0.3 is 0 Å². The second kappa shape index (κ2) is 13.5. The Morgan fingerprint density at radius 3 is 1.36 bits per heavy atom. The maximum atomic E-state index is 5.57. The lowest BCUT2D eigenvalue weighted by molar-refractivity contribution is 0.737. The van der Waals surface area contributed by atoms with Gasteiger partial charge in [0.2, 0.25) is 0 Å². The van der Waals surface area contributed by atoms with E-state index in [1.807, 2.05) is 0 Å². The highest BCUT2D eigenvalue weighted by Crippen LogP contribution is 2.48. The first-order chi connectivity index (χ1) is 31.8. The number of anilines is 2. The first-order valence-electron chi connectivity index (χ1n) is 21.9. The van der Waals surface area contributed by atoms with E-state index in [9.17, 15) is 0 Å². The van der Waals surface area contributed by atoms with E-state index >= 15 is 0 Å². The molecule has 2 atom stereocenters. The molecular formula is C57H37N7. The van der Waals surface area contributed by atoms with Crippen LogP contribution >= 0.6 is 0 Å². The highest BCUT2D eigenvalue weighted by atomic mass is 15.3. The predicted molar refractivity (Wildman–Crippen MR) is 262 cm³/mol. The summed E-state index contributed by atoms with van der Waals surface area (Å²) in [4.78, 5) is 18.8. The Labute approximate surface area is 367 Å². The smallest absolute Gasteiger partial charge is 0.140 e. The van der Waals surface area contributed by atoms with Gasteiger partial charge in [0.05, 0.1) is 50.5 Å². The second-order valence-electron chi connectivity index (χ2n) is 16.8. The molecule has 7 nitrogen and oxygen atoms in total. The average Bonchev–Trinajstić information content (AvgIpc) is 4.09. The number of pyridine rings is 3. The molecule has 14 rings (SSSR count). The summed E-state index contributed by atoms with van der Waals surface area (Å²) in [5.74, 6) is 3.71. The zero-order chi connectivity index (χ0) is 41.9. The van der Waals surface area contributed by atoms with Crippen LogP contribution in [0.3, 0.4) is 0 Å². The van der Waals surface area contributed by atoms with E-state index in [0.29, 0.717) is 0 Å². The second-order valence-corrected chi connectivity index (χ2v) is 16.8. The van der Waals surface area contributed by atoms with Crippen molar-refractivity contribution in [1.29, 1.82) is 0 Å². The molecule has 12 aromatic rings. The lowest BCUT2D eigenvalue weighted by Gasteiger charge is -2.28. The van der Waals surface area contributed by atoms with Gasteiger partial charge in [-0.1, -0.05) is 146 Å². The van der Waals surface area contributed by atoms with Gasteiger partial charge in [0, 0.05) is 43.9 Å². The highest BCUT2D eigenvalue weighted by Gasteiger charge is 2.38. The number of rotatable bonds is 5. The third-order valence-corrected chi connectivity index (χ3v) is 13.4. The third kappa shape index (κ3) is 4.94. The van der Waals surface area contributed by atoms with Crippen LogP contribution in [-0.4, -0.2) is 34.7 Å². The van der Waals surface area contributed by atoms with Gasteiger partial charge in [-0.3, -0.25) is 13.7 Å². The van der Waals surface area contributed by atoms with Crippen LogP contribution < -0.4 is 4.90 Å². The molecule has 0 fully saturated rings. The van der Waals surface area contributed by atoms with E-state index in [1.165, 1.54) is 27.4 Å². The lowest BCUT2D eigenvalue weighted by Crippen LogP contribution is -2.29. The number of benzene rings is 6. The van der Waals surface area contributed by atoms with E-state index < -0.39 is 0 Å². The summed E-state index contributed by atoms with van der Waals surface area (Å²) in [6.07, 6.45) is 8.95. The van der Waals surface area contributed by atoms with Gasteiger partial charge < -0.3 is 4.90 Å². The largest absolute Gasteiger partial charge is 0.318 e. The minimum atomic E-state index is 0.146. The van der Waals surface area contributed by atoms with Gasteiger partial charge in [0.1, 0.15) is 23.3 Å². The van der Waals surface area contributed by atoms with Gasteiger partial charge in [-0.15, -0.1) is 0 Å². The molecule has 0 bridgehead atoms. The maximum absolute atomic E-state index is 5.57. The molecule has 0 saturated carbocycles. The van der Waals surface area contributed by atoms with Crippen LogP contribution in [-0.2, 0) is 0 Å². The Hall–Kier alpha value is -8.55. The number of hydrogen-bond acceptors (Lipinski definition) is 4. The first kappa shape index (κ1) is 35.1. The van der Waals surface area contributed by atoms with Crippen molar-refractivity contribution in [2.45, 2.75) is 12.0 Å². The van der Waals surface area contributed by atoms with Crippen molar-refractivity contribution in [3.05, 3.63) is 218 Å². The van der Waals surface area contributed by atoms with Crippen molar-refractivity contribution in [3.8, 4) is 28.8 Å². The lowest BCUT2D eigenvalue weighted by atomic mass is 9.91. The molecule has 6 aromatic carbocycles. The van der Waals surface area contributed by atoms with Crippen LogP contribution in [0.1, 0.15) is 11.5 Å². The molecule has 1 aliphatic heterocycles. The summed E-state index contributed by atoms with van der Waals surface area (Å²) in [6, 6.07) is 66.9. The minimum Gasteiger partial charge on any atom is -0.318 e. The zero-order valence-corrected chi connectivity index (χ0v) is 34.5. The third-order valence-electron chi connectivity index (χ3n) is 13.4. The van der Waals surface area contributed by atoms with Crippen LogP contribution in [0, 0.1) is 0 Å². The van der Waals surface area contributed by atoms with Crippen molar-refractivity contribution in [2.75, 3.05) is 4.90 Å². The molecule has 7 heterocycles. The normalized spacial score (nSPS) is 15.7. The van der Waals surface area contributed by atoms with E-state index in [1.54, 1.807) is 0 Å². The Bertz CT molecular complexity index is 3900. The average molecular weight is 820 g/mol. The monoisotopic (exact) mass is 819 g/mol. The van der Waals surface area contributed by atoms with Crippen molar-refractivity contribution in [2.24, 2.45) is 0 Å². The summed E-state index contributed by atoms with van der Waals surface area (Å²) in [5, 5.41) is 7.05. The van der Waals surface area contributed by atoms with Gasteiger partial charge in [-0.25, -0.2) is 15.0 Å². The Morgan fingerprint density at radius 1 is 0.328 bits per heavy atom. The van der Waals surface area contributed by atoms with Gasteiger partial charge in [-0.2, -0.15) is 0 Å². The fraction of sp³-hybridized carbons (Fsp3) is 0.0351. The Balaban J connectivity index is 0.984. The first-order valence-corrected chi connectivity index (χ1v) is 21.9. The van der Waals surface area contributed by atoms with Crippen molar-refractivity contribution in [3.63, 3.8) is 0 Å². The standard InChI is InChI=1S/C57H37N7/c1-7-24-46-36(16-1)37-17-2-8-25-47(37)61(46)52-30-13-22-44(58-52)45-23-14-31-53(59-45)63-50-28-11-5-20-40(50)42-34-35-43-41-21-6-12-29-51(41)64(57(43)56(42)63)55-33-15-32-54(60-55)62-48-26-9-3-18-38(48)39-19-4-10-27-49(39)62/h1-35,38,48H. The molecule has 7 heteroatoms. The number of allylic oxidation sites excluding steroid dienone is 2. The molecule has 2 unspecified atom stereocenters. The summed E-state index contributed by atoms with van der Waals surface area (Å²) < 4.78 is 6.96. The summed E-state index contributed by atoms with van der Waals surface area (Å²) in [7, 11) is 0. The van der Waals surface area contributed by atoms with Crippen LogP contribution in [0.4, 0.5) is 11.5 Å². The number of para-hydroxylation sites is 5. The van der Waals surface area contributed by atoms with Crippen LogP contribution in [0.5, 0.6) is 0 Å².